The quantitative estimate of drug-likeness (QED) is 0.0728. The molecule has 2 amide bonds. The highest BCUT2D eigenvalue weighted by Crippen LogP contribution is 2.37. The molecule has 4 aliphatic rings. The van der Waals surface area contributed by atoms with E-state index in [4.69, 9.17) is 33.2 Å². The molecule has 330 valence electrons. The highest BCUT2D eigenvalue weighted by atomic mass is 16.8. The number of hydrogen-bond donors (Lipinski definition) is 16. The van der Waals surface area contributed by atoms with Crippen LogP contribution in [0.25, 0.3) is 0 Å². The second-order valence-corrected chi connectivity index (χ2v) is 14.1. The molecule has 4 fully saturated rings. The Hall–Kier alpha value is -2.39. The smallest absolute Gasteiger partial charge is 0.364 e. The SMILES string of the molecule is CC(=O)N[C@H]1[C@H](O[C@@H]2[C@@H](O)[C@H](O)O[C@H](CO)[C@@H]2O)O[C@H](CO[C@]2(C(=O)O)C[C@H](O)[C@@H](NC(C)=O)[C@H]([C@H](O)[C@H](O)CO)O2)[C@@H](O)[C@@H]1O[C@@H]1O[C@H](CO)[C@H](O)[C@H](O)[C@H]1O. The van der Waals surface area contributed by atoms with Crippen molar-refractivity contribution >= 4 is 17.8 Å². The van der Waals surface area contributed by atoms with Gasteiger partial charge < -0.3 is 115 Å². The summed E-state index contributed by atoms with van der Waals surface area (Å²) in [5.41, 5.74) is 0. The van der Waals surface area contributed by atoms with Crippen molar-refractivity contribution in [3.8, 4) is 0 Å². The van der Waals surface area contributed by atoms with Crippen molar-refractivity contribution in [2.75, 3.05) is 26.4 Å². The zero-order chi connectivity index (χ0) is 42.7. The lowest BCUT2D eigenvalue weighted by Gasteiger charge is -2.50. The number of ether oxygens (including phenoxy) is 7. The van der Waals surface area contributed by atoms with E-state index in [1.54, 1.807) is 0 Å². The van der Waals surface area contributed by atoms with Gasteiger partial charge in [-0.2, -0.15) is 0 Å². The molecule has 26 heteroatoms. The van der Waals surface area contributed by atoms with Crippen LogP contribution in [0.3, 0.4) is 0 Å². The fraction of sp³-hybridized carbons (Fsp3) is 0.903. The minimum atomic E-state index is -2.98. The number of nitrogens with one attached hydrogen (secondary N) is 2. The molecule has 0 radical (unpaired) electrons. The fourth-order valence-electron chi connectivity index (χ4n) is 6.93. The van der Waals surface area contributed by atoms with Crippen LogP contribution < -0.4 is 10.6 Å². The number of carbonyl (C=O) groups excluding carboxylic acids is 2. The zero-order valence-electron chi connectivity index (χ0n) is 30.4. The van der Waals surface area contributed by atoms with Gasteiger partial charge in [-0.05, 0) is 0 Å². The Bertz CT molecular complexity index is 1350. The number of carboxylic acids is 1. The maximum atomic E-state index is 12.8. The van der Waals surface area contributed by atoms with Crippen molar-refractivity contribution in [1.82, 2.24) is 10.6 Å². The molecule has 21 atom stereocenters. The predicted molar refractivity (Wildman–Crippen MR) is 174 cm³/mol. The Kier molecular flexibility index (Phi) is 16.4. The third-order valence-electron chi connectivity index (χ3n) is 9.98. The Morgan fingerprint density at radius 2 is 1.25 bits per heavy atom. The molecule has 0 aromatic rings. The largest absolute Gasteiger partial charge is 0.477 e. The highest BCUT2D eigenvalue weighted by Gasteiger charge is 2.58. The van der Waals surface area contributed by atoms with Gasteiger partial charge in [-0.3, -0.25) is 9.59 Å². The van der Waals surface area contributed by atoms with Crippen LogP contribution in [0, 0.1) is 0 Å². The summed E-state index contributed by atoms with van der Waals surface area (Å²) >= 11 is 0. The molecule has 4 rings (SSSR count). The summed E-state index contributed by atoms with van der Waals surface area (Å²) in [7, 11) is 0. The topological polar surface area (TPSA) is 423 Å². The Labute approximate surface area is 322 Å². The van der Waals surface area contributed by atoms with E-state index in [1.807, 2.05) is 0 Å². The Balaban J connectivity index is 1.73. The number of hydrogen-bond acceptors (Lipinski definition) is 23. The molecule has 26 nitrogen and oxygen atoms in total. The van der Waals surface area contributed by atoms with Crippen molar-refractivity contribution in [3.05, 3.63) is 0 Å². The number of amides is 2. The number of carbonyl (C=O) groups is 3. The summed E-state index contributed by atoms with van der Waals surface area (Å²) in [6.07, 6.45) is -36.0. The van der Waals surface area contributed by atoms with Crippen molar-refractivity contribution in [2.24, 2.45) is 0 Å². The van der Waals surface area contributed by atoms with Crippen LogP contribution in [0.15, 0.2) is 0 Å². The molecule has 0 saturated carbocycles. The maximum absolute atomic E-state index is 12.8. The Morgan fingerprint density at radius 3 is 1.81 bits per heavy atom. The first kappa shape index (κ1) is 47.3. The lowest BCUT2D eigenvalue weighted by Crippen LogP contribution is -2.70. The standard InChI is InChI=1S/C31H52N2O24/c1-8(37)32-15-10(39)3-31(30(49)50,57-25(15)17(41)11(40)4-34)51-7-14-20(44)24(55-29-22(46)21(45)18(42)12(5-35)53-29)16(33-9(2)38)28(54-14)56-26-19(43)13(6-36)52-27(48)23(26)47/h10-29,34-36,39-48H,3-7H2,1-2H3,(H,32,37)(H,33,38)(H,49,50)/t10-,11+,12+,13+,14+,15+,16+,17+,18-,19-,20+,21-,22+,23+,24+,25+,26-,27+,28-,29-,31+/m0/s1. The average molecular weight is 837 g/mol. The van der Waals surface area contributed by atoms with Crippen molar-refractivity contribution in [2.45, 2.75) is 149 Å². The number of aliphatic carboxylic acids is 1. The summed E-state index contributed by atoms with van der Waals surface area (Å²) in [5, 5.41) is 151. The van der Waals surface area contributed by atoms with Crippen LogP contribution in [0.5, 0.6) is 0 Å². The van der Waals surface area contributed by atoms with Crippen molar-refractivity contribution in [3.63, 3.8) is 0 Å². The van der Waals surface area contributed by atoms with Gasteiger partial charge >= 0.3 is 5.97 Å². The third-order valence-corrected chi connectivity index (χ3v) is 9.98. The van der Waals surface area contributed by atoms with Crippen LogP contribution in [-0.4, -0.2) is 244 Å². The van der Waals surface area contributed by atoms with Gasteiger partial charge in [0.1, 0.15) is 91.5 Å². The molecule has 4 saturated heterocycles. The summed E-state index contributed by atoms with van der Waals surface area (Å²) in [6, 6.07) is -3.35. The molecular weight excluding hydrogens is 784 g/mol. The van der Waals surface area contributed by atoms with Gasteiger partial charge in [0.05, 0.1) is 38.6 Å². The first-order valence-corrected chi connectivity index (χ1v) is 17.7. The van der Waals surface area contributed by atoms with Crippen LogP contribution >= 0.6 is 0 Å². The van der Waals surface area contributed by atoms with E-state index in [0.717, 1.165) is 13.8 Å². The average Bonchev–Trinajstić information content (AvgIpc) is 3.16. The normalized spacial score (nSPS) is 45.1. The number of carboxylic acid groups (broad SMARTS) is 1. The molecule has 4 heterocycles. The van der Waals surface area contributed by atoms with E-state index < -0.39 is 179 Å². The maximum Gasteiger partial charge on any atom is 0.364 e. The summed E-state index contributed by atoms with van der Waals surface area (Å²) < 4.78 is 39.1. The van der Waals surface area contributed by atoms with Gasteiger partial charge in [-0.15, -0.1) is 0 Å². The second-order valence-electron chi connectivity index (χ2n) is 14.1. The molecule has 0 bridgehead atoms. The minimum absolute atomic E-state index is 0.774. The summed E-state index contributed by atoms with van der Waals surface area (Å²) in [6.45, 7) is -2.00. The van der Waals surface area contributed by atoms with E-state index in [9.17, 15) is 85.9 Å². The molecule has 57 heavy (non-hydrogen) atoms. The van der Waals surface area contributed by atoms with E-state index in [2.05, 4.69) is 10.6 Å². The number of aliphatic hydroxyl groups excluding tert-OH is 13. The summed E-state index contributed by atoms with van der Waals surface area (Å²) in [5.74, 6) is -6.58. The monoisotopic (exact) mass is 836 g/mol. The van der Waals surface area contributed by atoms with Crippen molar-refractivity contribution < 1.29 is 119 Å². The van der Waals surface area contributed by atoms with E-state index in [1.165, 1.54) is 0 Å². The van der Waals surface area contributed by atoms with Crippen LogP contribution in [0.4, 0.5) is 0 Å². The molecular formula is C31H52N2O24. The highest BCUT2D eigenvalue weighted by molar-refractivity contribution is 5.76. The fourth-order valence-corrected chi connectivity index (χ4v) is 6.93. The van der Waals surface area contributed by atoms with E-state index >= 15 is 0 Å². The first-order valence-electron chi connectivity index (χ1n) is 17.7. The molecule has 0 aromatic heterocycles. The minimum Gasteiger partial charge on any atom is -0.477 e. The van der Waals surface area contributed by atoms with Gasteiger partial charge in [0.25, 0.3) is 5.79 Å². The zero-order valence-corrected chi connectivity index (χ0v) is 30.4. The molecule has 0 spiro atoms. The van der Waals surface area contributed by atoms with Crippen LogP contribution in [-0.2, 0) is 47.5 Å². The van der Waals surface area contributed by atoms with Crippen molar-refractivity contribution in [1.29, 1.82) is 0 Å². The van der Waals surface area contributed by atoms with Gasteiger partial charge in [0.15, 0.2) is 18.9 Å². The lowest BCUT2D eigenvalue weighted by atomic mass is 9.88. The Morgan fingerprint density at radius 1 is 0.702 bits per heavy atom. The molecule has 0 aromatic carbocycles. The van der Waals surface area contributed by atoms with Gasteiger partial charge in [0, 0.05) is 20.3 Å². The predicted octanol–water partition coefficient (Wildman–Crippen LogP) is -10.3. The third kappa shape index (κ3) is 10.3. The van der Waals surface area contributed by atoms with Gasteiger partial charge in [-0.1, -0.05) is 0 Å². The second kappa shape index (κ2) is 19.8. The van der Waals surface area contributed by atoms with E-state index in [-0.39, 0.29) is 0 Å². The van der Waals surface area contributed by atoms with Gasteiger partial charge in [0.2, 0.25) is 11.8 Å². The molecule has 16 N–H and O–H groups in total. The van der Waals surface area contributed by atoms with Gasteiger partial charge in [-0.25, -0.2) is 4.79 Å². The molecule has 0 aliphatic carbocycles. The van der Waals surface area contributed by atoms with E-state index in [0.29, 0.717) is 0 Å². The van der Waals surface area contributed by atoms with Crippen LogP contribution in [0.2, 0.25) is 0 Å². The van der Waals surface area contributed by atoms with Crippen LogP contribution in [0.1, 0.15) is 20.3 Å². The lowest BCUT2D eigenvalue weighted by molar-refractivity contribution is -0.370. The molecule has 0 unspecified atom stereocenters. The number of aliphatic hydroxyl groups is 13. The summed E-state index contributed by atoms with van der Waals surface area (Å²) in [4.78, 5) is 37.2. The number of rotatable bonds is 15. The molecule has 4 aliphatic heterocycles. The first-order chi connectivity index (χ1) is 26.7.